The molecule has 4 heterocycles. The summed E-state index contributed by atoms with van der Waals surface area (Å²) in [7, 11) is 0. The molecule has 0 fully saturated rings. The Balaban J connectivity index is 1.05. The Morgan fingerprint density at radius 1 is 0.385 bits per heavy atom. The Hall–Kier alpha value is -9.12. The summed E-state index contributed by atoms with van der Waals surface area (Å²) in [6, 6.07) is 73.0. The molecule has 9 aromatic carbocycles. The molecule has 0 spiro atoms. The maximum absolute atomic E-state index is 11.1. The first-order chi connectivity index (χ1) is 32.2. The van der Waals surface area contributed by atoms with Gasteiger partial charge in [-0.1, -0.05) is 133 Å². The summed E-state index contributed by atoms with van der Waals surface area (Å²) in [5.74, 6) is 1.57. The van der Waals surface area contributed by atoms with Gasteiger partial charge in [-0.15, -0.1) is 0 Å². The third-order valence-electron chi connectivity index (χ3n) is 12.6. The second kappa shape index (κ2) is 14.5. The van der Waals surface area contributed by atoms with Crippen molar-refractivity contribution in [2.45, 2.75) is 0 Å². The lowest BCUT2D eigenvalue weighted by atomic mass is 10.0. The van der Waals surface area contributed by atoms with Gasteiger partial charge in [-0.25, -0.2) is 15.0 Å². The SMILES string of the molecule is N#Cc1cc(-c2nc(-c3ccccc3)nc(-c3cccc(-c4ccccc4)c3)n2)ccc1-n1c2ccccc2c2ccc3oc4ccc5c(c6ccccc6n5-c5ccccc5)c4c3c21. The van der Waals surface area contributed by atoms with Crippen molar-refractivity contribution in [2.24, 2.45) is 0 Å². The maximum Gasteiger partial charge on any atom is 0.164 e. The number of nitrogens with zero attached hydrogens (tertiary/aromatic N) is 6. The van der Waals surface area contributed by atoms with Gasteiger partial charge in [-0.05, 0) is 83.9 Å². The molecule has 0 saturated heterocycles. The summed E-state index contributed by atoms with van der Waals surface area (Å²) in [5.41, 5.74) is 12.7. The fourth-order valence-corrected chi connectivity index (χ4v) is 9.74. The Morgan fingerprint density at radius 3 is 1.69 bits per heavy atom. The molecule has 65 heavy (non-hydrogen) atoms. The number of fused-ring (bicyclic) bond motifs is 11. The minimum Gasteiger partial charge on any atom is -0.456 e. The van der Waals surface area contributed by atoms with Crippen LogP contribution < -0.4 is 0 Å². The minimum atomic E-state index is 0.477. The molecule has 0 bridgehead atoms. The van der Waals surface area contributed by atoms with Gasteiger partial charge in [0.1, 0.15) is 17.2 Å². The molecule has 0 atom stereocenters. The average Bonchev–Trinajstić information content (AvgIpc) is 4.04. The van der Waals surface area contributed by atoms with Crippen LogP contribution in [0.3, 0.4) is 0 Å². The van der Waals surface area contributed by atoms with Crippen molar-refractivity contribution in [3.63, 3.8) is 0 Å². The van der Waals surface area contributed by atoms with Crippen molar-refractivity contribution in [3.05, 3.63) is 212 Å². The molecule has 0 amide bonds. The number of benzene rings is 9. The molecule has 0 aliphatic rings. The molecule has 0 N–H and O–H groups in total. The largest absolute Gasteiger partial charge is 0.456 e. The molecule has 0 unspecified atom stereocenters. The van der Waals surface area contributed by atoms with Gasteiger partial charge in [0.05, 0.1) is 38.7 Å². The molecular weight excluding hydrogens is 797 g/mol. The normalized spacial score (nSPS) is 11.7. The van der Waals surface area contributed by atoms with Gasteiger partial charge in [0, 0.05) is 49.3 Å². The van der Waals surface area contributed by atoms with Crippen LogP contribution in [-0.4, -0.2) is 24.1 Å². The highest BCUT2D eigenvalue weighted by Crippen LogP contribution is 2.46. The van der Waals surface area contributed by atoms with Crippen molar-refractivity contribution >= 4 is 65.6 Å². The van der Waals surface area contributed by atoms with E-state index in [9.17, 15) is 5.26 Å². The summed E-state index contributed by atoms with van der Waals surface area (Å²) in [6.07, 6.45) is 0. The molecule has 13 aromatic rings. The van der Waals surface area contributed by atoms with Crippen molar-refractivity contribution in [1.82, 2.24) is 24.1 Å². The first kappa shape index (κ1) is 36.5. The van der Waals surface area contributed by atoms with E-state index in [-0.39, 0.29) is 0 Å². The third kappa shape index (κ3) is 5.71. The van der Waals surface area contributed by atoms with Crippen LogP contribution in [0.4, 0.5) is 0 Å². The van der Waals surface area contributed by atoms with Gasteiger partial charge in [0.25, 0.3) is 0 Å². The van der Waals surface area contributed by atoms with Gasteiger partial charge in [0.15, 0.2) is 17.5 Å². The van der Waals surface area contributed by atoms with E-state index in [1.165, 1.54) is 0 Å². The molecule has 0 saturated carbocycles. The van der Waals surface area contributed by atoms with Crippen molar-refractivity contribution in [3.8, 4) is 62.7 Å². The first-order valence-corrected chi connectivity index (χ1v) is 21.6. The zero-order valence-corrected chi connectivity index (χ0v) is 34.7. The quantitative estimate of drug-likeness (QED) is 0.167. The van der Waals surface area contributed by atoms with Crippen LogP contribution in [-0.2, 0) is 0 Å². The fourth-order valence-electron chi connectivity index (χ4n) is 9.74. The number of para-hydroxylation sites is 3. The predicted molar refractivity (Wildman–Crippen MR) is 262 cm³/mol. The van der Waals surface area contributed by atoms with Crippen LogP contribution in [0.25, 0.3) is 122 Å². The van der Waals surface area contributed by atoms with Crippen LogP contribution >= 0.6 is 0 Å². The van der Waals surface area contributed by atoms with E-state index in [4.69, 9.17) is 19.4 Å². The highest BCUT2D eigenvalue weighted by Gasteiger charge is 2.25. The van der Waals surface area contributed by atoms with Crippen molar-refractivity contribution < 1.29 is 4.42 Å². The summed E-state index contributed by atoms with van der Waals surface area (Å²) in [4.78, 5) is 15.1. The highest BCUT2D eigenvalue weighted by atomic mass is 16.3. The highest BCUT2D eigenvalue weighted by molar-refractivity contribution is 6.33. The lowest BCUT2D eigenvalue weighted by Gasteiger charge is -2.13. The van der Waals surface area contributed by atoms with Crippen LogP contribution in [0.1, 0.15) is 5.56 Å². The van der Waals surface area contributed by atoms with Crippen LogP contribution in [0.2, 0.25) is 0 Å². The van der Waals surface area contributed by atoms with Gasteiger partial charge < -0.3 is 13.6 Å². The monoisotopic (exact) mass is 830 g/mol. The number of hydrogen-bond acceptors (Lipinski definition) is 5. The maximum atomic E-state index is 11.1. The average molecular weight is 831 g/mol. The Kier molecular flexibility index (Phi) is 8.14. The van der Waals surface area contributed by atoms with E-state index in [2.05, 4.69) is 137 Å². The van der Waals surface area contributed by atoms with Crippen molar-refractivity contribution in [2.75, 3.05) is 0 Å². The Morgan fingerprint density at radius 2 is 0.954 bits per heavy atom. The smallest absolute Gasteiger partial charge is 0.164 e. The van der Waals surface area contributed by atoms with Crippen LogP contribution in [0, 0.1) is 11.3 Å². The van der Waals surface area contributed by atoms with Gasteiger partial charge >= 0.3 is 0 Å². The van der Waals surface area contributed by atoms with Crippen LogP contribution in [0.5, 0.6) is 0 Å². The molecule has 4 aromatic heterocycles. The van der Waals surface area contributed by atoms with E-state index < -0.39 is 0 Å². The van der Waals surface area contributed by atoms with E-state index in [0.717, 1.165) is 99.2 Å². The molecule has 7 heteroatoms. The van der Waals surface area contributed by atoms with Gasteiger partial charge in [-0.2, -0.15) is 5.26 Å². The topological polar surface area (TPSA) is 85.5 Å². The standard InChI is InChI=1S/C58H34N6O/c59-35-41-34-40(58-61-56(37-17-6-2-7-18-37)60-57(62-58)39-20-14-19-38(33-39)36-15-4-1-5-16-36)27-29-46(41)64-47-25-12-10-23-43(47)44-28-31-51-54(55(44)64)53-50(65-51)32-30-49-52(53)45-24-11-13-26-48(45)63(49)42-21-8-3-9-22-42/h1-34H. The molecular formula is C58H34N6O. The fraction of sp³-hybridized carbons (Fsp3) is 0. The Bertz CT molecular complexity index is 4070. The lowest BCUT2D eigenvalue weighted by molar-refractivity contribution is 0.669. The Labute approximate surface area is 372 Å². The van der Waals surface area contributed by atoms with Gasteiger partial charge in [0.2, 0.25) is 0 Å². The van der Waals surface area contributed by atoms with E-state index in [1.54, 1.807) is 0 Å². The summed E-state index contributed by atoms with van der Waals surface area (Å²) >= 11 is 0. The second-order valence-electron chi connectivity index (χ2n) is 16.3. The van der Waals surface area contributed by atoms with Crippen LogP contribution in [0.15, 0.2) is 211 Å². The molecule has 302 valence electrons. The van der Waals surface area contributed by atoms with E-state index in [0.29, 0.717) is 28.6 Å². The predicted octanol–water partition coefficient (Wildman–Crippen LogP) is 14.5. The zero-order chi connectivity index (χ0) is 43.0. The molecule has 13 rings (SSSR count). The summed E-state index contributed by atoms with van der Waals surface area (Å²) < 4.78 is 11.3. The molecule has 7 nitrogen and oxygen atoms in total. The number of hydrogen-bond donors (Lipinski definition) is 0. The molecule has 0 aliphatic heterocycles. The second-order valence-corrected chi connectivity index (χ2v) is 16.3. The molecule has 0 radical (unpaired) electrons. The first-order valence-electron chi connectivity index (χ1n) is 21.6. The number of nitriles is 1. The zero-order valence-electron chi connectivity index (χ0n) is 34.7. The lowest BCUT2D eigenvalue weighted by Crippen LogP contribution is -2.02. The third-order valence-corrected chi connectivity index (χ3v) is 12.6. The van der Waals surface area contributed by atoms with E-state index in [1.807, 2.05) is 84.9 Å². The van der Waals surface area contributed by atoms with Crippen molar-refractivity contribution in [1.29, 1.82) is 5.26 Å². The number of rotatable bonds is 6. The summed E-state index contributed by atoms with van der Waals surface area (Å²) in [6.45, 7) is 0. The minimum absolute atomic E-state index is 0.477. The number of furan rings is 1. The number of aromatic nitrogens is 5. The summed E-state index contributed by atoms with van der Waals surface area (Å²) in [5, 5.41) is 17.6. The van der Waals surface area contributed by atoms with E-state index >= 15 is 0 Å². The molecule has 0 aliphatic carbocycles. The van der Waals surface area contributed by atoms with Gasteiger partial charge in [-0.3, -0.25) is 0 Å².